The molecule has 0 aliphatic heterocycles. The highest BCUT2D eigenvalue weighted by Gasteiger charge is 2.11. The summed E-state index contributed by atoms with van der Waals surface area (Å²) in [5.74, 6) is 0.124. The van der Waals surface area contributed by atoms with Gasteiger partial charge in [0.25, 0.3) is 0 Å². The van der Waals surface area contributed by atoms with Crippen LogP contribution in [0.3, 0.4) is 0 Å². The van der Waals surface area contributed by atoms with Gasteiger partial charge in [0.05, 0.1) is 18.1 Å². The van der Waals surface area contributed by atoms with Gasteiger partial charge in [0.2, 0.25) is 5.95 Å². The molecule has 0 fully saturated rings. The first-order valence-corrected chi connectivity index (χ1v) is 6.28. The summed E-state index contributed by atoms with van der Waals surface area (Å²) in [5.41, 5.74) is 7.14. The number of fused-ring (bicyclic) bond motifs is 1. The Morgan fingerprint density at radius 1 is 1.16 bits per heavy atom. The van der Waals surface area contributed by atoms with E-state index >= 15 is 0 Å². The molecular weight excluding hydrogens is 285 g/mol. The number of benzene rings is 1. The lowest BCUT2D eigenvalue weighted by Gasteiger charge is -2.05. The maximum absolute atomic E-state index is 6.13. The predicted molar refractivity (Wildman–Crippen MR) is 75.3 cm³/mol. The zero-order valence-electron chi connectivity index (χ0n) is 9.72. The topological polar surface area (TPSA) is 69.6 Å². The summed E-state index contributed by atoms with van der Waals surface area (Å²) < 4.78 is 1.69. The molecule has 0 bridgehead atoms. The largest absolute Gasteiger partial charge is 0.368 e. The smallest absolute Gasteiger partial charge is 0.223 e. The number of hydrogen-bond acceptors (Lipinski definition) is 4. The van der Waals surface area contributed by atoms with Crippen LogP contribution >= 0.6 is 23.2 Å². The van der Waals surface area contributed by atoms with Crippen LogP contribution in [0.25, 0.3) is 11.0 Å². The molecular formula is C12H9Cl2N5. The quantitative estimate of drug-likeness (QED) is 0.738. The second-order valence-electron chi connectivity index (χ2n) is 4.00. The molecule has 0 amide bonds. The first-order valence-electron chi connectivity index (χ1n) is 5.53. The van der Waals surface area contributed by atoms with Crippen molar-refractivity contribution in [2.45, 2.75) is 6.54 Å². The number of rotatable bonds is 2. The van der Waals surface area contributed by atoms with Crippen molar-refractivity contribution in [1.29, 1.82) is 0 Å². The van der Waals surface area contributed by atoms with E-state index in [4.69, 9.17) is 28.9 Å². The van der Waals surface area contributed by atoms with Gasteiger partial charge < -0.3 is 5.73 Å². The minimum Gasteiger partial charge on any atom is -0.368 e. The lowest BCUT2D eigenvalue weighted by atomic mass is 10.2. The van der Waals surface area contributed by atoms with Crippen molar-refractivity contribution in [2.24, 2.45) is 0 Å². The van der Waals surface area contributed by atoms with Crippen molar-refractivity contribution in [3.8, 4) is 0 Å². The molecule has 0 aliphatic rings. The van der Waals surface area contributed by atoms with Gasteiger partial charge >= 0.3 is 0 Å². The molecule has 19 heavy (non-hydrogen) atoms. The Morgan fingerprint density at radius 3 is 2.74 bits per heavy atom. The van der Waals surface area contributed by atoms with Crippen LogP contribution in [0.5, 0.6) is 0 Å². The van der Waals surface area contributed by atoms with E-state index in [0.29, 0.717) is 27.8 Å². The summed E-state index contributed by atoms with van der Waals surface area (Å²) in [5, 5.41) is 5.90. The summed E-state index contributed by atoms with van der Waals surface area (Å²) >= 11 is 12.1. The van der Waals surface area contributed by atoms with Crippen LogP contribution in [0.2, 0.25) is 10.2 Å². The van der Waals surface area contributed by atoms with E-state index in [1.807, 2.05) is 24.3 Å². The third-order valence-electron chi connectivity index (χ3n) is 2.74. The zero-order chi connectivity index (χ0) is 13.4. The molecule has 2 aromatic heterocycles. The van der Waals surface area contributed by atoms with Crippen LogP contribution in [-0.2, 0) is 6.54 Å². The maximum Gasteiger partial charge on any atom is 0.223 e. The van der Waals surface area contributed by atoms with Gasteiger partial charge in [-0.3, -0.25) is 0 Å². The Hall–Kier alpha value is -1.85. The number of hydrogen-bond donors (Lipinski definition) is 1. The van der Waals surface area contributed by atoms with Gasteiger partial charge in [-0.1, -0.05) is 41.4 Å². The van der Waals surface area contributed by atoms with Gasteiger partial charge in [-0.25, -0.2) is 9.67 Å². The van der Waals surface area contributed by atoms with Crippen molar-refractivity contribution in [1.82, 2.24) is 19.7 Å². The van der Waals surface area contributed by atoms with Crippen LogP contribution in [-0.4, -0.2) is 19.7 Å². The van der Waals surface area contributed by atoms with Gasteiger partial charge in [0, 0.05) is 5.02 Å². The molecule has 5 nitrogen and oxygen atoms in total. The molecule has 0 saturated heterocycles. The Morgan fingerprint density at radius 2 is 1.95 bits per heavy atom. The minimum absolute atomic E-state index is 0.124. The summed E-state index contributed by atoms with van der Waals surface area (Å²) in [4.78, 5) is 8.05. The molecule has 7 heteroatoms. The van der Waals surface area contributed by atoms with Gasteiger partial charge in [-0.15, -0.1) is 0 Å². The monoisotopic (exact) mass is 293 g/mol. The number of aromatic nitrogens is 4. The molecule has 2 N–H and O–H groups in total. The van der Waals surface area contributed by atoms with E-state index < -0.39 is 0 Å². The molecule has 0 unspecified atom stereocenters. The molecule has 3 aromatic rings. The van der Waals surface area contributed by atoms with Crippen molar-refractivity contribution >= 4 is 40.2 Å². The first-order chi connectivity index (χ1) is 9.15. The average molecular weight is 294 g/mol. The van der Waals surface area contributed by atoms with E-state index in [-0.39, 0.29) is 5.95 Å². The van der Waals surface area contributed by atoms with E-state index in [1.54, 1.807) is 10.9 Å². The van der Waals surface area contributed by atoms with E-state index in [2.05, 4.69) is 15.1 Å². The second-order valence-corrected chi connectivity index (χ2v) is 4.77. The zero-order valence-corrected chi connectivity index (χ0v) is 11.2. The Kier molecular flexibility index (Phi) is 3.00. The lowest BCUT2D eigenvalue weighted by Crippen LogP contribution is -2.04. The van der Waals surface area contributed by atoms with Gasteiger partial charge in [-0.2, -0.15) is 10.1 Å². The minimum atomic E-state index is 0.124. The number of halogens is 2. The number of nitrogens with zero attached hydrogens (tertiary/aromatic N) is 4. The third-order valence-corrected chi connectivity index (χ3v) is 3.40. The van der Waals surface area contributed by atoms with Crippen molar-refractivity contribution < 1.29 is 0 Å². The van der Waals surface area contributed by atoms with Gasteiger partial charge in [0.1, 0.15) is 5.15 Å². The van der Waals surface area contributed by atoms with Gasteiger partial charge in [-0.05, 0) is 11.6 Å². The Balaban J connectivity index is 2.09. The number of nitrogen functional groups attached to an aromatic ring is 1. The molecule has 0 aliphatic carbocycles. The van der Waals surface area contributed by atoms with Gasteiger partial charge in [0.15, 0.2) is 5.65 Å². The summed E-state index contributed by atoms with van der Waals surface area (Å²) in [6.07, 6.45) is 1.62. The van der Waals surface area contributed by atoms with Crippen LogP contribution in [0.1, 0.15) is 5.56 Å². The average Bonchev–Trinajstić information content (AvgIpc) is 2.76. The summed E-state index contributed by atoms with van der Waals surface area (Å²) in [6.45, 7) is 0.496. The van der Waals surface area contributed by atoms with Crippen molar-refractivity contribution in [3.63, 3.8) is 0 Å². The van der Waals surface area contributed by atoms with Crippen molar-refractivity contribution in [3.05, 3.63) is 46.2 Å². The molecule has 0 atom stereocenters. The fourth-order valence-corrected chi connectivity index (χ4v) is 2.26. The fourth-order valence-electron chi connectivity index (χ4n) is 1.84. The maximum atomic E-state index is 6.13. The highest BCUT2D eigenvalue weighted by atomic mass is 35.5. The highest BCUT2D eigenvalue weighted by Crippen LogP contribution is 2.22. The van der Waals surface area contributed by atoms with E-state index in [0.717, 1.165) is 5.56 Å². The number of nitrogens with two attached hydrogens (primary N) is 1. The fraction of sp³-hybridized carbons (Fsp3) is 0.0833. The normalized spacial score (nSPS) is 11.1. The summed E-state index contributed by atoms with van der Waals surface area (Å²) in [6, 6.07) is 7.56. The second kappa shape index (κ2) is 4.68. The molecule has 3 rings (SSSR count). The summed E-state index contributed by atoms with van der Waals surface area (Å²) in [7, 11) is 0. The molecule has 0 radical (unpaired) electrons. The van der Waals surface area contributed by atoms with Crippen LogP contribution < -0.4 is 5.73 Å². The third kappa shape index (κ3) is 2.22. The molecule has 0 saturated carbocycles. The molecule has 96 valence electrons. The lowest BCUT2D eigenvalue weighted by molar-refractivity contribution is 0.704. The first kappa shape index (κ1) is 12.2. The molecule has 1 aromatic carbocycles. The predicted octanol–water partition coefficient (Wildman–Crippen LogP) is 2.76. The SMILES string of the molecule is Nc1nc(Cl)c2cnn(Cc3ccccc3Cl)c2n1. The highest BCUT2D eigenvalue weighted by molar-refractivity contribution is 6.34. The molecule has 0 spiro atoms. The van der Waals surface area contributed by atoms with Crippen molar-refractivity contribution in [2.75, 3.05) is 5.73 Å². The Labute approximate surface area is 119 Å². The standard InChI is InChI=1S/C12H9Cl2N5/c13-9-4-2-1-3-7(9)6-19-11-8(5-16-19)10(14)17-12(15)18-11/h1-5H,6H2,(H2,15,17,18). The van der Waals surface area contributed by atoms with Crippen LogP contribution in [0.15, 0.2) is 30.5 Å². The Bertz CT molecular complexity index is 753. The molecule has 2 heterocycles. The van der Waals surface area contributed by atoms with E-state index in [9.17, 15) is 0 Å². The van der Waals surface area contributed by atoms with Crippen LogP contribution in [0.4, 0.5) is 5.95 Å². The van der Waals surface area contributed by atoms with Crippen LogP contribution in [0, 0.1) is 0 Å². The van der Waals surface area contributed by atoms with E-state index in [1.165, 1.54) is 0 Å². The number of anilines is 1.